The lowest BCUT2D eigenvalue weighted by atomic mass is 10.3. The van der Waals surface area contributed by atoms with Gasteiger partial charge in [0.1, 0.15) is 17.4 Å². The van der Waals surface area contributed by atoms with E-state index < -0.39 is 21.7 Å². The number of nitrogens with one attached hydrogen (secondary N) is 1. The van der Waals surface area contributed by atoms with Crippen molar-refractivity contribution in [3.05, 3.63) is 48.0 Å². The molecule has 0 spiro atoms. The van der Waals surface area contributed by atoms with E-state index >= 15 is 0 Å². The molecular formula is C13H12F2N2O3S. The van der Waals surface area contributed by atoms with Gasteiger partial charge in [-0.05, 0) is 30.3 Å². The average Bonchev–Trinajstić information content (AvgIpc) is 2.43. The van der Waals surface area contributed by atoms with Crippen molar-refractivity contribution in [2.75, 3.05) is 17.6 Å². The Morgan fingerprint density at radius 2 is 1.86 bits per heavy atom. The maximum atomic E-state index is 13.4. The Balaban J connectivity index is 2.39. The second kappa shape index (κ2) is 5.57. The summed E-state index contributed by atoms with van der Waals surface area (Å²) in [7, 11) is -2.77. The molecule has 0 radical (unpaired) electrons. The van der Waals surface area contributed by atoms with Gasteiger partial charge in [0.2, 0.25) is 0 Å². The fraction of sp³-hybridized carbons (Fsp3) is 0.0769. The number of sulfonamides is 1. The molecule has 0 aliphatic rings. The molecule has 2 aromatic rings. The Kier molecular flexibility index (Phi) is 3.99. The van der Waals surface area contributed by atoms with Crippen LogP contribution in [-0.4, -0.2) is 15.5 Å². The van der Waals surface area contributed by atoms with Crippen molar-refractivity contribution in [3.8, 4) is 5.75 Å². The molecule has 112 valence electrons. The van der Waals surface area contributed by atoms with E-state index in [0.717, 1.165) is 30.3 Å². The van der Waals surface area contributed by atoms with Crippen LogP contribution in [0, 0.1) is 11.6 Å². The smallest absolute Gasteiger partial charge is 0.262 e. The van der Waals surface area contributed by atoms with Crippen molar-refractivity contribution in [1.82, 2.24) is 0 Å². The van der Waals surface area contributed by atoms with Crippen LogP contribution >= 0.6 is 0 Å². The molecule has 2 aromatic carbocycles. The van der Waals surface area contributed by atoms with E-state index in [4.69, 9.17) is 10.5 Å². The Labute approximate surface area is 120 Å². The van der Waals surface area contributed by atoms with E-state index in [-0.39, 0.29) is 22.0 Å². The number of methoxy groups -OCH3 is 1. The third-order valence-corrected chi connectivity index (χ3v) is 4.05. The van der Waals surface area contributed by atoms with Crippen LogP contribution in [0.4, 0.5) is 20.2 Å². The molecule has 0 saturated heterocycles. The first-order valence-electron chi connectivity index (χ1n) is 5.75. The molecular weight excluding hydrogens is 302 g/mol. The standard InChI is InChI=1S/C13H12F2N2O3S/c1-20-13-6-8(14)2-5-12(13)17-21(18,19)9-3-4-11(16)10(15)7-9/h2-7,17H,16H2,1H3. The highest BCUT2D eigenvalue weighted by atomic mass is 32.2. The number of nitrogens with two attached hydrogens (primary N) is 1. The zero-order valence-corrected chi connectivity index (χ0v) is 11.7. The molecule has 0 bridgehead atoms. The first kappa shape index (κ1) is 15.0. The highest BCUT2D eigenvalue weighted by Crippen LogP contribution is 2.28. The molecule has 0 unspecified atom stereocenters. The van der Waals surface area contributed by atoms with E-state index in [1.54, 1.807) is 0 Å². The number of nitrogen functional groups attached to an aromatic ring is 1. The largest absolute Gasteiger partial charge is 0.494 e. The van der Waals surface area contributed by atoms with Crippen LogP contribution in [0.3, 0.4) is 0 Å². The summed E-state index contributed by atoms with van der Waals surface area (Å²) >= 11 is 0. The predicted molar refractivity (Wildman–Crippen MR) is 74.6 cm³/mol. The van der Waals surface area contributed by atoms with Crippen molar-refractivity contribution in [1.29, 1.82) is 0 Å². The highest BCUT2D eigenvalue weighted by molar-refractivity contribution is 7.92. The molecule has 0 aliphatic heterocycles. The molecule has 3 N–H and O–H groups in total. The normalized spacial score (nSPS) is 11.2. The number of ether oxygens (including phenoxy) is 1. The Morgan fingerprint density at radius 3 is 2.48 bits per heavy atom. The number of halogens is 2. The van der Waals surface area contributed by atoms with Crippen molar-refractivity contribution < 1.29 is 21.9 Å². The Bertz CT molecular complexity index is 779. The van der Waals surface area contributed by atoms with Gasteiger partial charge in [0.15, 0.2) is 0 Å². The zero-order valence-electron chi connectivity index (χ0n) is 10.9. The fourth-order valence-corrected chi connectivity index (χ4v) is 2.71. The zero-order chi connectivity index (χ0) is 15.6. The monoisotopic (exact) mass is 314 g/mol. The van der Waals surface area contributed by atoms with Crippen molar-refractivity contribution in [3.63, 3.8) is 0 Å². The van der Waals surface area contributed by atoms with Crippen LogP contribution in [0.15, 0.2) is 41.3 Å². The summed E-state index contributed by atoms with van der Waals surface area (Å²) in [5, 5.41) is 0. The molecule has 8 heteroatoms. The van der Waals surface area contributed by atoms with Crippen molar-refractivity contribution in [2.24, 2.45) is 0 Å². The lowest BCUT2D eigenvalue weighted by Crippen LogP contribution is -2.14. The minimum Gasteiger partial charge on any atom is -0.494 e. The van der Waals surface area contributed by atoms with Crippen LogP contribution < -0.4 is 15.2 Å². The summed E-state index contributed by atoms with van der Waals surface area (Å²) in [6.07, 6.45) is 0. The fourth-order valence-electron chi connectivity index (χ4n) is 1.63. The van der Waals surface area contributed by atoms with Crippen molar-refractivity contribution in [2.45, 2.75) is 4.90 Å². The number of rotatable bonds is 4. The number of hydrogen-bond acceptors (Lipinski definition) is 4. The number of benzene rings is 2. The molecule has 0 heterocycles. The van der Waals surface area contributed by atoms with Crippen LogP contribution in [0.5, 0.6) is 5.75 Å². The van der Waals surface area contributed by atoms with E-state index in [0.29, 0.717) is 0 Å². The van der Waals surface area contributed by atoms with Gasteiger partial charge in [-0.3, -0.25) is 4.72 Å². The SMILES string of the molecule is COc1cc(F)ccc1NS(=O)(=O)c1ccc(N)c(F)c1. The van der Waals surface area contributed by atoms with Gasteiger partial charge in [0.05, 0.1) is 23.4 Å². The molecule has 0 aromatic heterocycles. The maximum absolute atomic E-state index is 13.4. The van der Waals surface area contributed by atoms with Gasteiger partial charge >= 0.3 is 0 Å². The van der Waals surface area contributed by atoms with Crippen LogP contribution in [0.25, 0.3) is 0 Å². The van der Waals surface area contributed by atoms with E-state index in [1.165, 1.54) is 13.2 Å². The molecule has 0 amide bonds. The first-order chi connectivity index (χ1) is 9.83. The Hall–Kier alpha value is -2.35. The maximum Gasteiger partial charge on any atom is 0.262 e. The van der Waals surface area contributed by atoms with Gasteiger partial charge in [-0.15, -0.1) is 0 Å². The average molecular weight is 314 g/mol. The lowest BCUT2D eigenvalue weighted by molar-refractivity contribution is 0.413. The first-order valence-corrected chi connectivity index (χ1v) is 7.23. The van der Waals surface area contributed by atoms with Crippen molar-refractivity contribution >= 4 is 21.4 Å². The van der Waals surface area contributed by atoms with Gasteiger partial charge in [0, 0.05) is 6.07 Å². The predicted octanol–water partition coefficient (Wildman–Crippen LogP) is 2.36. The molecule has 0 aliphatic carbocycles. The number of hydrogen-bond donors (Lipinski definition) is 2. The van der Waals surface area contributed by atoms with Gasteiger partial charge in [-0.25, -0.2) is 17.2 Å². The van der Waals surface area contributed by atoms with Gasteiger partial charge < -0.3 is 10.5 Å². The van der Waals surface area contributed by atoms with E-state index in [1.807, 2.05) is 0 Å². The summed E-state index contributed by atoms with van der Waals surface area (Å²) in [6, 6.07) is 6.42. The molecule has 0 saturated carbocycles. The molecule has 2 rings (SSSR count). The lowest BCUT2D eigenvalue weighted by Gasteiger charge is -2.12. The molecule has 21 heavy (non-hydrogen) atoms. The molecule has 0 atom stereocenters. The quantitative estimate of drug-likeness (QED) is 0.849. The van der Waals surface area contributed by atoms with Crippen LogP contribution in [0.1, 0.15) is 0 Å². The van der Waals surface area contributed by atoms with Crippen LogP contribution in [-0.2, 0) is 10.0 Å². The van der Waals surface area contributed by atoms with Gasteiger partial charge in [-0.1, -0.05) is 0 Å². The third kappa shape index (κ3) is 3.22. The summed E-state index contributed by atoms with van der Waals surface area (Å²) in [5.41, 5.74) is 5.17. The minimum absolute atomic E-state index is 0.00879. The molecule has 5 nitrogen and oxygen atoms in total. The second-order valence-corrected chi connectivity index (χ2v) is 5.82. The second-order valence-electron chi connectivity index (χ2n) is 4.13. The van der Waals surface area contributed by atoms with E-state index in [2.05, 4.69) is 4.72 Å². The number of anilines is 2. The Morgan fingerprint density at radius 1 is 1.14 bits per heavy atom. The van der Waals surface area contributed by atoms with E-state index in [9.17, 15) is 17.2 Å². The van der Waals surface area contributed by atoms with Gasteiger partial charge in [-0.2, -0.15) is 0 Å². The summed E-state index contributed by atoms with van der Waals surface area (Å²) in [6.45, 7) is 0. The topological polar surface area (TPSA) is 81.4 Å². The summed E-state index contributed by atoms with van der Waals surface area (Å²) in [4.78, 5) is -0.305. The van der Waals surface area contributed by atoms with Gasteiger partial charge in [0.25, 0.3) is 10.0 Å². The highest BCUT2D eigenvalue weighted by Gasteiger charge is 2.18. The summed E-state index contributed by atoms with van der Waals surface area (Å²) in [5.74, 6) is -1.41. The minimum atomic E-state index is -4.05. The van der Waals surface area contributed by atoms with Crippen LogP contribution in [0.2, 0.25) is 0 Å². The molecule has 0 fully saturated rings. The summed E-state index contributed by atoms with van der Waals surface area (Å²) < 4.78 is 57.8. The third-order valence-electron chi connectivity index (χ3n) is 2.69.